The maximum absolute atomic E-state index is 14.3. The predicted octanol–water partition coefficient (Wildman–Crippen LogP) is 3.39. The van der Waals surface area contributed by atoms with Gasteiger partial charge in [-0.25, -0.2) is 12.8 Å². The molecule has 1 saturated heterocycles. The molecule has 0 spiro atoms. The fourth-order valence-corrected chi connectivity index (χ4v) is 4.07. The molecule has 3 rings (SSSR count). The number of anilines is 1. The molecule has 0 radical (unpaired) electrons. The highest BCUT2D eigenvalue weighted by molar-refractivity contribution is 7.90. The highest BCUT2D eigenvalue weighted by atomic mass is 32.2. The second-order valence-corrected chi connectivity index (χ2v) is 9.80. The maximum atomic E-state index is 14.3. The van der Waals surface area contributed by atoms with Crippen LogP contribution in [0.5, 0.6) is 5.75 Å². The first-order chi connectivity index (χ1) is 15.8. The lowest BCUT2D eigenvalue weighted by molar-refractivity contribution is -0.189. The Labute approximate surface area is 194 Å². The van der Waals surface area contributed by atoms with Gasteiger partial charge in [-0.15, -0.1) is 0 Å². The number of halogens is 4. The third-order valence-corrected chi connectivity index (χ3v) is 6.47. The summed E-state index contributed by atoms with van der Waals surface area (Å²) in [6, 6.07) is 9.00. The Morgan fingerprint density at radius 1 is 1.12 bits per heavy atom. The van der Waals surface area contributed by atoms with Gasteiger partial charge < -0.3 is 14.5 Å². The fraction of sp³-hybridized carbons (Fsp3) is 0.364. The molecule has 1 heterocycles. The molecule has 2 aromatic rings. The van der Waals surface area contributed by atoms with Crippen LogP contribution < -0.4 is 9.64 Å². The van der Waals surface area contributed by atoms with E-state index in [1.165, 1.54) is 17.0 Å². The SMILES string of the molecule is C[C@H](Oc1ccc(S(C)(=O)=O)cc1C(=O)N1CCN(c2ccc(C#N)cc2F)CC1)C(F)(F)F. The summed E-state index contributed by atoms with van der Waals surface area (Å²) in [5.41, 5.74) is 0.117. The van der Waals surface area contributed by atoms with E-state index in [1.807, 2.05) is 6.07 Å². The van der Waals surface area contributed by atoms with Crippen molar-refractivity contribution in [1.82, 2.24) is 4.90 Å². The molecule has 1 aliphatic heterocycles. The van der Waals surface area contributed by atoms with Gasteiger partial charge in [-0.2, -0.15) is 18.4 Å². The van der Waals surface area contributed by atoms with Crippen LogP contribution in [-0.4, -0.2) is 63.9 Å². The van der Waals surface area contributed by atoms with Crippen molar-refractivity contribution in [2.24, 2.45) is 0 Å². The molecule has 34 heavy (non-hydrogen) atoms. The van der Waals surface area contributed by atoms with Gasteiger partial charge in [0.25, 0.3) is 5.91 Å². The first-order valence-electron chi connectivity index (χ1n) is 10.1. The normalized spacial score (nSPS) is 15.6. The second-order valence-electron chi connectivity index (χ2n) is 7.79. The third kappa shape index (κ3) is 5.59. The zero-order valence-electron chi connectivity index (χ0n) is 18.3. The van der Waals surface area contributed by atoms with E-state index in [2.05, 4.69) is 0 Å². The number of piperazine rings is 1. The van der Waals surface area contributed by atoms with Gasteiger partial charge in [0.1, 0.15) is 11.6 Å². The fourth-order valence-electron chi connectivity index (χ4n) is 3.42. The number of carbonyl (C=O) groups is 1. The molecule has 0 aliphatic carbocycles. The first-order valence-corrected chi connectivity index (χ1v) is 12.0. The van der Waals surface area contributed by atoms with Crippen LogP contribution in [0.1, 0.15) is 22.8 Å². The van der Waals surface area contributed by atoms with E-state index in [9.17, 15) is 30.8 Å². The van der Waals surface area contributed by atoms with Crippen LogP contribution in [-0.2, 0) is 9.84 Å². The minimum absolute atomic E-state index is 0.107. The number of sulfone groups is 1. The van der Waals surface area contributed by atoms with E-state index >= 15 is 0 Å². The molecule has 0 bridgehead atoms. The number of alkyl halides is 3. The number of nitrogens with zero attached hydrogens (tertiary/aromatic N) is 3. The van der Waals surface area contributed by atoms with Crippen molar-refractivity contribution in [3.05, 3.63) is 53.3 Å². The number of nitriles is 1. The molecule has 0 saturated carbocycles. The van der Waals surface area contributed by atoms with Gasteiger partial charge in [-0.3, -0.25) is 4.79 Å². The van der Waals surface area contributed by atoms with E-state index in [0.29, 0.717) is 0 Å². The van der Waals surface area contributed by atoms with Crippen LogP contribution >= 0.6 is 0 Å². The molecule has 0 unspecified atom stereocenters. The van der Waals surface area contributed by atoms with E-state index in [0.717, 1.165) is 37.4 Å². The average molecular weight is 499 g/mol. The summed E-state index contributed by atoms with van der Waals surface area (Å²) in [7, 11) is -3.74. The molecule has 1 amide bonds. The number of rotatable bonds is 5. The van der Waals surface area contributed by atoms with Crippen LogP contribution in [0.15, 0.2) is 41.3 Å². The summed E-state index contributed by atoms with van der Waals surface area (Å²) in [6.45, 7) is 1.43. The molecule has 7 nitrogen and oxygen atoms in total. The summed E-state index contributed by atoms with van der Waals surface area (Å²) >= 11 is 0. The van der Waals surface area contributed by atoms with Crippen LogP contribution in [0.4, 0.5) is 23.2 Å². The van der Waals surface area contributed by atoms with Crippen molar-refractivity contribution < 1.29 is 35.5 Å². The Kier molecular flexibility index (Phi) is 7.07. The molecular weight excluding hydrogens is 478 g/mol. The van der Waals surface area contributed by atoms with E-state index < -0.39 is 33.8 Å². The van der Waals surface area contributed by atoms with Gasteiger partial charge in [-0.1, -0.05) is 0 Å². The summed E-state index contributed by atoms with van der Waals surface area (Å²) in [5.74, 6) is -1.67. The second kappa shape index (κ2) is 9.50. The summed E-state index contributed by atoms with van der Waals surface area (Å²) < 4.78 is 82.2. The monoisotopic (exact) mass is 499 g/mol. The van der Waals surface area contributed by atoms with Crippen molar-refractivity contribution in [2.45, 2.75) is 24.1 Å². The highest BCUT2D eigenvalue weighted by Crippen LogP contribution is 2.30. The lowest BCUT2D eigenvalue weighted by atomic mass is 10.1. The Morgan fingerprint density at radius 2 is 1.76 bits per heavy atom. The number of hydrogen-bond donors (Lipinski definition) is 0. The Morgan fingerprint density at radius 3 is 2.29 bits per heavy atom. The number of carbonyl (C=O) groups excluding carboxylic acids is 1. The van der Waals surface area contributed by atoms with Crippen molar-refractivity contribution in [2.75, 3.05) is 37.3 Å². The van der Waals surface area contributed by atoms with Gasteiger partial charge in [0, 0.05) is 32.4 Å². The Balaban J connectivity index is 1.84. The minimum Gasteiger partial charge on any atom is -0.480 e. The smallest absolute Gasteiger partial charge is 0.425 e. The Bertz CT molecular complexity index is 1230. The molecule has 1 aliphatic rings. The summed E-state index contributed by atoms with van der Waals surface area (Å²) in [6.07, 6.45) is -5.99. The molecule has 0 N–H and O–H groups in total. The van der Waals surface area contributed by atoms with Crippen LogP contribution in [0.2, 0.25) is 0 Å². The van der Waals surface area contributed by atoms with Crippen molar-refractivity contribution in [1.29, 1.82) is 5.26 Å². The van der Waals surface area contributed by atoms with Gasteiger partial charge >= 0.3 is 6.18 Å². The zero-order chi connectivity index (χ0) is 25.3. The van der Waals surface area contributed by atoms with Gasteiger partial charge in [0.05, 0.1) is 27.8 Å². The summed E-state index contributed by atoms with van der Waals surface area (Å²) in [5, 5.41) is 8.87. The zero-order valence-corrected chi connectivity index (χ0v) is 19.1. The largest absolute Gasteiger partial charge is 0.480 e. The highest BCUT2D eigenvalue weighted by Gasteiger charge is 2.39. The van der Waals surface area contributed by atoms with Crippen molar-refractivity contribution >= 4 is 21.4 Å². The number of benzene rings is 2. The van der Waals surface area contributed by atoms with E-state index in [4.69, 9.17) is 10.00 Å². The molecule has 182 valence electrons. The van der Waals surface area contributed by atoms with Gasteiger partial charge in [0.2, 0.25) is 0 Å². The van der Waals surface area contributed by atoms with Crippen LogP contribution in [0.25, 0.3) is 0 Å². The number of amides is 1. The molecule has 2 aromatic carbocycles. The quantitative estimate of drug-likeness (QED) is 0.586. The molecule has 1 atom stereocenters. The average Bonchev–Trinajstić information content (AvgIpc) is 2.77. The molecule has 12 heteroatoms. The van der Waals surface area contributed by atoms with Gasteiger partial charge in [-0.05, 0) is 43.3 Å². The maximum Gasteiger partial charge on any atom is 0.425 e. The van der Waals surface area contributed by atoms with Gasteiger partial charge in [0.15, 0.2) is 15.9 Å². The van der Waals surface area contributed by atoms with Crippen LogP contribution in [0, 0.1) is 17.1 Å². The van der Waals surface area contributed by atoms with E-state index in [-0.39, 0.29) is 53.6 Å². The lowest BCUT2D eigenvalue weighted by Crippen LogP contribution is -2.49. The van der Waals surface area contributed by atoms with E-state index in [1.54, 1.807) is 4.90 Å². The molecule has 0 aromatic heterocycles. The molecular formula is C22H21F4N3O4S. The summed E-state index contributed by atoms with van der Waals surface area (Å²) in [4.78, 5) is 15.9. The third-order valence-electron chi connectivity index (χ3n) is 5.36. The Hall–Kier alpha value is -3.33. The lowest BCUT2D eigenvalue weighted by Gasteiger charge is -2.36. The number of hydrogen-bond acceptors (Lipinski definition) is 6. The van der Waals surface area contributed by atoms with Crippen molar-refractivity contribution in [3.8, 4) is 11.8 Å². The first kappa shape index (κ1) is 25.3. The van der Waals surface area contributed by atoms with Crippen molar-refractivity contribution in [3.63, 3.8) is 0 Å². The van der Waals surface area contributed by atoms with Crippen LogP contribution in [0.3, 0.4) is 0 Å². The molecule has 1 fully saturated rings. The minimum atomic E-state index is -4.69. The number of ether oxygens (including phenoxy) is 1. The standard InChI is InChI=1S/C22H21F4N3O4S/c1-14(22(24,25)26)33-20-6-4-16(34(2,31)32)12-17(20)21(30)29-9-7-28(8-10-29)19-5-3-15(13-27)11-18(19)23/h3-6,11-12,14H,7-10H2,1-2H3/t14-/m0/s1. The predicted molar refractivity (Wildman–Crippen MR) is 115 cm³/mol. The topological polar surface area (TPSA) is 90.7 Å².